The Labute approximate surface area is 123 Å². The van der Waals surface area contributed by atoms with E-state index in [1.165, 1.54) is 0 Å². The quantitative estimate of drug-likeness (QED) is 0.839. The van der Waals surface area contributed by atoms with Crippen LogP contribution in [0.3, 0.4) is 0 Å². The molecule has 1 saturated carbocycles. The Morgan fingerprint density at radius 3 is 2.62 bits per heavy atom. The molecule has 0 spiro atoms. The lowest BCUT2D eigenvalue weighted by atomic mass is 9.84. The minimum absolute atomic E-state index is 0.0743. The number of carbonyl (C=O) groups is 1. The first-order valence-corrected chi connectivity index (χ1v) is 7.86. The molecule has 1 aliphatic carbocycles. The van der Waals surface area contributed by atoms with Crippen LogP contribution in [-0.4, -0.2) is 40.3 Å². The van der Waals surface area contributed by atoms with Gasteiger partial charge in [-0.1, -0.05) is 12.8 Å². The molecule has 2 rings (SSSR count). The van der Waals surface area contributed by atoms with Crippen LogP contribution < -0.4 is 0 Å². The molecule has 0 radical (unpaired) electrons. The van der Waals surface area contributed by atoms with Gasteiger partial charge in [0, 0.05) is 18.5 Å². The van der Waals surface area contributed by atoms with Crippen LogP contribution in [0.1, 0.15) is 58.3 Å². The van der Waals surface area contributed by atoms with E-state index in [2.05, 4.69) is 0 Å². The fourth-order valence-electron chi connectivity index (χ4n) is 4.10. The summed E-state index contributed by atoms with van der Waals surface area (Å²) in [6.07, 6.45) is 0.518. The van der Waals surface area contributed by atoms with Crippen molar-refractivity contribution < 1.29 is 23.1 Å². The van der Waals surface area contributed by atoms with E-state index in [-0.39, 0.29) is 18.5 Å². The Balaban J connectivity index is 1.98. The number of hydrogen-bond donors (Lipinski definition) is 1. The zero-order chi connectivity index (χ0) is 15.6. The van der Waals surface area contributed by atoms with Crippen LogP contribution in [-0.2, 0) is 4.79 Å². The van der Waals surface area contributed by atoms with E-state index >= 15 is 0 Å². The first-order valence-electron chi connectivity index (χ1n) is 7.86. The molecular weight excluding hydrogens is 283 g/mol. The fraction of sp³-hybridized carbons (Fsp3) is 0.933. The van der Waals surface area contributed by atoms with Crippen molar-refractivity contribution in [1.82, 2.24) is 4.90 Å². The van der Waals surface area contributed by atoms with E-state index < -0.39 is 24.6 Å². The number of likely N-dealkylation sites (tertiary alicyclic amines) is 1. The van der Waals surface area contributed by atoms with Gasteiger partial charge in [0.2, 0.25) is 0 Å². The van der Waals surface area contributed by atoms with Gasteiger partial charge in [-0.3, -0.25) is 9.69 Å². The number of nitrogens with zero attached hydrogens (tertiary/aromatic N) is 1. The van der Waals surface area contributed by atoms with Gasteiger partial charge in [0.05, 0.1) is 0 Å². The highest BCUT2D eigenvalue weighted by molar-refractivity contribution is 5.74. The predicted octanol–water partition coefficient (Wildman–Crippen LogP) is 3.83. The van der Waals surface area contributed by atoms with E-state index in [1.54, 1.807) is 0 Å². The van der Waals surface area contributed by atoms with Crippen LogP contribution in [0.4, 0.5) is 13.2 Å². The smallest absolute Gasteiger partial charge is 0.389 e. The standard InChI is InChI=1S/C15H24F3NO2/c1-10(5-4-8-15(16,17)18)19-12-7-3-2-6-11(12)9-13(19)14(20)21/h10-13H,2-9H2,1H3,(H,20,21). The van der Waals surface area contributed by atoms with Crippen LogP contribution in [0.25, 0.3) is 0 Å². The Bertz CT molecular complexity index is 372. The second kappa shape index (κ2) is 6.55. The SMILES string of the molecule is CC(CCCC(F)(F)F)N1C(C(=O)O)CC2CCCCC21. The molecule has 2 fully saturated rings. The van der Waals surface area contributed by atoms with E-state index in [1.807, 2.05) is 11.8 Å². The number of halogens is 3. The summed E-state index contributed by atoms with van der Waals surface area (Å²) in [5, 5.41) is 9.41. The van der Waals surface area contributed by atoms with Gasteiger partial charge >= 0.3 is 12.1 Å². The third-order valence-corrected chi connectivity index (χ3v) is 5.01. The van der Waals surface area contributed by atoms with Crippen molar-refractivity contribution in [3.8, 4) is 0 Å². The fourth-order valence-corrected chi connectivity index (χ4v) is 4.10. The Kier molecular flexibility index (Phi) is 5.17. The molecule has 1 heterocycles. The molecule has 1 aliphatic heterocycles. The average Bonchev–Trinajstić information content (AvgIpc) is 2.76. The maximum atomic E-state index is 12.2. The molecule has 0 aromatic heterocycles. The summed E-state index contributed by atoms with van der Waals surface area (Å²) < 4.78 is 36.7. The highest BCUT2D eigenvalue weighted by atomic mass is 19.4. The summed E-state index contributed by atoms with van der Waals surface area (Å²) in [6, 6.07) is -0.360. The van der Waals surface area contributed by atoms with Gasteiger partial charge in [0.15, 0.2) is 0 Å². The number of aliphatic carboxylic acids is 1. The van der Waals surface area contributed by atoms with Crippen molar-refractivity contribution in [3.63, 3.8) is 0 Å². The second-order valence-electron chi connectivity index (χ2n) is 6.51. The lowest BCUT2D eigenvalue weighted by Crippen LogP contribution is -2.47. The molecular formula is C15H24F3NO2. The zero-order valence-electron chi connectivity index (χ0n) is 12.4. The van der Waals surface area contributed by atoms with Gasteiger partial charge in [-0.25, -0.2) is 0 Å². The molecule has 6 heteroatoms. The molecule has 1 saturated heterocycles. The first kappa shape index (κ1) is 16.6. The minimum Gasteiger partial charge on any atom is -0.480 e. The first-order chi connectivity index (χ1) is 9.79. The van der Waals surface area contributed by atoms with Crippen LogP contribution >= 0.6 is 0 Å². The van der Waals surface area contributed by atoms with Gasteiger partial charge in [-0.15, -0.1) is 0 Å². The maximum absolute atomic E-state index is 12.2. The van der Waals surface area contributed by atoms with Crippen molar-refractivity contribution in [1.29, 1.82) is 0 Å². The molecule has 4 atom stereocenters. The summed E-state index contributed by atoms with van der Waals surface area (Å²) in [7, 11) is 0. The van der Waals surface area contributed by atoms with Crippen LogP contribution in [0.15, 0.2) is 0 Å². The van der Waals surface area contributed by atoms with Crippen molar-refractivity contribution >= 4 is 5.97 Å². The maximum Gasteiger partial charge on any atom is 0.389 e. The number of carboxylic acids is 1. The van der Waals surface area contributed by atoms with E-state index in [4.69, 9.17) is 0 Å². The molecule has 0 aromatic carbocycles. The Morgan fingerprint density at radius 1 is 1.33 bits per heavy atom. The normalized spacial score (nSPS) is 31.9. The van der Waals surface area contributed by atoms with Gasteiger partial charge in [-0.2, -0.15) is 13.2 Å². The van der Waals surface area contributed by atoms with Gasteiger partial charge in [0.1, 0.15) is 6.04 Å². The molecule has 122 valence electrons. The molecule has 1 N–H and O–H groups in total. The van der Waals surface area contributed by atoms with E-state index in [0.29, 0.717) is 18.8 Å². The average molecular weight is 307 g/mol. The molecule has 0 bridgehead atoms. The van der Waals surface area contributed by atoms with Crippen LogP contribution in [0, 0.1) is 5.92 Å². The van der Waals surface area contributed by atoms with Crippen LogP contribution in [0.5, 0.6) is 0 Å². The number of hydrogen-bond acceptors (Lipinski definition) is 2. The minimum atomic E-state index is -4.12. The summed E-state index contributed by atoms with van der Waals surface area (Å²) in [5.74, 6) is -0.419. The Hall–Kier alpha value is -0.780. The molecule has 0 amide bonds. The van der Waals surface area contributed by atoms with Crippen LogP contribution in [0.2, 0.25) is 0 Å². The Morgan fingerprint density at radius 2 is 2.00 bits per heavy atom. The van der Waals surface area contributed by atoms with Crippen molar-refractivity contribution in [2.24, 2.45) is 5.92 Å². The van der Waals surface area contributed by atoms with Gasteiger partial charge in [-0.05, 0) is 44.9 Å². The molecule has 3 nitrogen and oxygen atoms in total. The van der Waals surface area contributed by atoms with E-state index in [9.17, 15) is 23.1 Å². The molecule has 0 aromatic rings. The lowest BCUT2D eigenvalue weighted by molar-refractivity contribution is -0.144. The topological polar surface area (TPSA) is 40.5 Å². The molecule has 4 unspecified atom stereocenters. The lowest BCUT2D eigenvalue weighted by Gasteiger charge is -2.37. The number of carboxylic acid groups (broad SMARTS) is 1. The summed E-state index contributed by atoms with van der Waals surface area (Å²) >= 11 is 0. The number of fused-ring (bicyclic) bond motifs is 1. The highest BCUT2D eigenvalue weighted by Crippen LogP contribution is 2.41. The summed E-state index contributed by atoms with van der Waals surface area (Å²) in [5.41, 5.74) is 0. The molecule has 21 heavy (non-hydrogen) atoms. The highest BCUT2D eigenvalue weighted by Gasteiger charge is 2.46. The zero-order valence-corrected chi connectivity index (χ0v) is 12.4. The van der Waals surface area contributed by atoms with Crippen molar-refractivity contribution in [2.45, 2.75) is 82.6 Å². The van der Waals surface area contributed by atoms with Crippen molar-refractivity contribution in [2.75, 3.05) is 0 Å². The van der Waals surface area contributed by atoms with E-state index in [0.717, 1.165) is 25.7 Å². The molecule has 2 aliphatic rings. The number of rotatable bonds is 5. The van der Waals surface area contributed by atoms with Crippen molar-refractivity contribution in [3.05, 3.63) is 0 Å². The summed E-state index contributed by atoms with van der Waals surface area (Å²) in [4.78, 5) is 13.5. The monoisotopic (exact) mass is 307 g/mol. The second-order valence-corrected chi connectivity index (χ2v) is 6.51. The third kappa shape index (κ3) is 4.11. The summed E-state index contributed by atoms with van der Waals surface area (Å²) in [6.45, 7) is 1.88. The van der Waals surface area contributed by atoms with Gasteiger partial charge < -0.3 is 5.11 Å². The third-order valence-electron chi connectivity index (χ3n) is 5.01. The van der Waals surface area contributed by atoms with Gasteiger partial charge in [0.25, 0.3) is 0 Å². The largest absolute Gasteiger partial charge is 0.480 e. The number of alkyl halides is 3. The predicted molar refractivity (Wildman–Crippen MR) is 73.0 cm³/mol.